The molecule has 0 N–H and O–H groups in total. The maximum Gasteiger partial charge on any atom is 0.132 e. The minimum Gasteiger partial charge on any atom is -0.295 e. The van der Waals surface area contributed by atoms with E-state index in [1.807, 2.05) is 13.0 Å². The number of imidazole rings is 1. The summed E-state index contributed by atoms with van der Waals surface area (Å²) < 4.78 is 3.21. The number of rotatable bonds is 2. The average molecular weight is 364 g/mol. The van der Waals surface area contributed by atoms with Gasteiger partial charge in [0.2, 0.25) is 0 Å². The van der Waals surface area contributed by atoms with Crippen LogP contribution in [0.3, 0.4) is 0 Å². The second-order valence-corrected chi connectivity index (χ2v) is 6.87. The van der Waals surface area contributed by atoms with Gasteiger partial charge in [-0.2, -0.15) is 0 Å². The van der Waals surface area contributed by atoms with Crippen molar-refractivity contribution in [1.82, 2.24) is 9.55 Å². The minimum absolute atomic E-state index is 0.157. The monoisotopic (exact) mass is 362 g/mol. The first-order chi connectivity index (χ1) is 9.99. The zero-order valence-corrected chi connectivity index (χ0v) is 14.5. The summed E-state index contributed by atoms with van der Waals surface area (Å²) in [7, 11) is 0. The molecule has 21 heavy (non-hydrogen) atoms. The summed E-state index contributed by atoms with van der Waals surface area (Å²) in [6, 6.07) is 12.5. The molecule has 1 atom stereocenters. The first-order valence-corrected chi connectivity index (χ1v) is 8.10. The van der Waals surface area contributed by atoms with Crippen molar-refractivity contribution in [3.63, 3.8) is 0 Å². The first kappa shape index (κ1) is 14.6. The summed E-state index contributed by atoms with van der Waals surface area (Å²) in [6.07, 6.45) is 0. The molecule has 1 unspecified atom stereocenters. The van der Waals surface area contributed by atoms with Crippen LogP contribution < -0.4 is 0 Å². The normalized spacial score (nSPS) is 12.8. The topological polar surface area (TPSA) is 17.8 Å². The van der Waals surface area contributed by atoms with E-state index in [4.69, 9.17) is 16.6 Å². The van der Waals surface area contributed by atoms with Crippen molar-refractivity contribution in [2.24, 2.45) is 0 Å². The van der Waals surface area contributed by atoms with Crippen LogP contribution in [-0.2, 0) is 0 Å². The van der Waals surface area contributed by atoms with Crippen molar-refractivity contribution in [1.29, 1.82) is 0 Å². The highest BCUT2D eigenvalue weighted by Crippen LogP contribution is 2.31. The second-order valence-electron chi connectivity index (χ2n) is 5.29. The Bertz CT molecular complexity index is 821. The fourth-order valence-corrected chi connectivity index (χ4v) is 3.10. The highest BCUT2D eigenvalue weighted by atomic mass is 79.9. The molecule has 0 fully saturated rings. The number of aryl methyl sites for hydroxylation is 2. The Morgan fingerprint density at radius 1 is 1.14 bits per heavy atom. The lowest BCUT2D eigenvalue weighted by molar-refractivity contribution is 0.878. The fraction of sp³-hybridized carbons (Fsp3) is 0.235. The van der Waals surface area contributed by atoms with Crippen molar-refractivity contribution in [2.45, 2.75) is 26.1 Å². The van der Waals surface area contributed by atoms with Gasteiger partial charge in [-0.25, -0.2) is 4.98 Å². The SMILES string of the molecule is Cc1ccc(Br)cc1-n1c(C(C)Cl)nc2c(C)cccc21. The van der Waals surface area contributed by atoms with Crippen LogP contribution in [0.5, 0.6) is 0 Å². The molecule has 0 amide bonds. The van der Waals surface area contributed by atoms with Gasteiger partial charge in [0.15, 0.2) is 0 Å². The van der Waals surface area contributed by atoms with Crippen LogP contribution in [-0.4, -0.2) is 9.55 Å². The van der Waals surface area contributed by atoms with Crippen molar-refractivity contribution in [3.05, 3.63) is 57.8 Å². The molecule has 3 rings (SSSR count). The van der Waals surface area contributed by atoms with Crippen LogP contribution in [0.1, 0.15) is 29.3 Å². The van der Waals surface area contributed by atoms with Gasteiger partial charge in [-0.1, -0.05) is 34.1 Å². The number of aromatic nitrogens is 2. The number of nitrogens with zero attached hydrogens (tertiary/aromatic N) is 2. The fourth-order valence-electron chi connectivity index (χ4n) is 2.60. The van der Waals surface area contributed by atoms with Crippen LogP contribution in [0.2, 0.25) is 0 Å². The van der Waals surface area contributed by atoms with Crippen molar-refractivity contribution < 1.29 is 0 Å². The third-order valence-electron chi connectivity index (χ3n) is 3.68. The molecule has 0 aliphatic rings. The quantitative estimate of drug-likeness (QED) is 0.534. The molecule has 3 aromatic rings. The van der Waals surface area contributed by atoms with Gasteiger partial charge in [0.25, 0.3) is 0 Å². The van der Waals surface area contributed by atoms with E-state index in [9.17, 15) is 0 Å². The molecular formula is C17H16BrClN2. The van der Waals surface area contributed by atoms with Gasteiger partial charge in [0.1, 0.15) is 5.82 Å². The predicted octanol–water partition coefficient (Wildman–Crippen LogP) is 5.70. The number of hydrogen-bond donors (Lipinski definition) is 0. The third kappa shape index (κ3) is 2.49. The maximum atomic E-state index is 6.38. The van der Waals surface area contributed by atoms with Gasteiger partial charge >= 0.3 is 0 Å². The van der Waals surface area contributed by atoms with Gasteiger partial charge in [0.05, 0.1) is 22.1 Å². The van der Waals surface area contributed by atoms with Crippen LogP contribution in [0, 0.1) is 13.8 Å². The van der Waals surface area contributed by atoms with Gasteiger partial charge < -0.3 is 0 Å². The largest absolute Gasteiger partial charge is 0.295 e. The molecule has 0 aliphatic carbocycles. The van der Waals surface area contributed by atoms with Crippen molar-refractivity contribution in [2.75, 3.05) is 0 Å². The van der Waals surface area contributed by atoms with E-state index in [1.54, 1.807) is 0 Å². The Balaban J connectivity index is 2.42. The molecular weight excluding hydrogens is 348 g/mol. The standard InChI is InChI=1S/C17H16BrClN2/c1-10-7-8-13(18)9-15(10)21-14-6-4-5-11(2)16(14)20-17(21)12(3)19/h4-9,12H,1-3H3. The van der Waals surface area contributed by atoms with Crippen LogP contribution in [0.15, 0.2) is 40.9 Å². The Morgan fingerprint density at radius 2 is 1.90 bits per heavy atom. The Labute approximate surface area is 137 Å². The van der Waals surface area contributed by atoms with E-state index in [2.05, 4.69) is 64.7 Å². The van der Waals surface area contributed by atoms with Crippen LogP contribution in [0.4, 0.5) is 0 Å². The highest BCUT2D eigenvalue weighted by Gasteiger charge is 2.18. The molecule has 0 bridgehead atoms. The summed E-state index contributed by atoms with van der Waals surface area (Å²) in [5.74, 6) is 0.877. The number of hydrogen-bond acceptors (Lipinski definition) is 1. The molecule has 0 radical (unpaired) electrons. The smallest absolute Gasteiger partial charge is 0.132 e. The molecule has 0 saturated carbocycles. The predicted molar refractivity (Wildman–Crippen MR) is 92.5 cm³/mol. The number of alkyl halides is 1. The highest BCUT2D eigenvalue weighted by molar-refractivity contribution is 9.10. The number of benzene rings is 2. The van der Waals surface area contributed by atoms with E-state index in [0.717, 1.165) is 32.6 Å². The molecule has 108 valence electrons. The molecule has 0 spiro atoms. The lowest BCUT2D eigenvalue weighted by atomic mass is 10.1. The lowest BCUT2D eigenvalue weighted by Crippen LogP contribution is -2.03. The summed E-state index contributed by atoms with van der Waals surface area (Å²) in [6.45, 7) is 6.14. The average Bonchev–Trinajstić information content (AvgIpc) is 2.82. The van der Waals surface area contributed by atoms with E-state index in [1.165, 1.54) is 5.56 Å². The minimum atomic E-state index is -0.157. The number of fused-ring (bicyclic) bond motifs is 1. The molecule has 4 heteroatoms. The molecule has 0 aliphatic heterocycles. The third-order valence-corrected chi connectivity index (χ3v) is 4.37. The van der Waals surface area contributed by atoms with E-state index < -0.39 is 0 Å². The maximum absolute atomic E-state index is 6.38. The zero-order chi connectivity index (χ0) is 15.1. The molecule has 0 saturated heterocycles. The van der Waals surface area contributed by atoms with Crippen molar-refractivity contribution in [3.8, 4) is 5.69 Å². The van der Waals surface area contributed by atoms with Gasteiger partial charge in [-0.15, -0.1) is 11.6 Å². The summed E-state index contributed by atoms with van der Waals surface area (Å²) >= 11 is 9.93. The van der Waals surface area contributed by atoms with E-state index in [0.29, 0.717) is 0 Å². The summed E-state index contributed by atoms with van der Waals surface area (Å²) in [5, 5.41) is -0.157. The van der Waals surface area contributed by atoms with Crippen LogP contribution in [0.25, 0.3) is 16.7 Å². The zero-order valence-electron chi connectivity index (χ0n) is 12.2. The molecule has 1 heterocycles. The Kier molecular flexibility index (Phi) is 3.80. The van der Waals surface area contributed by atoms with Gasteiger partial charge in [-0.05, 0) is 50.1 Å². The Morgan fingerprint density at radius 3 is 2.62 bits per heavy atom. The van der Waals surface area contributed by atoms with Crippen LogP contribution >= 0.6 is 27.5 Å². The first-order valence-electron chi connectivity index (χ1n) is 6.87. The van der Waals surface area contributed by atoms with Gasteiger partial charge in [0, 0.05) is 4.47 Å². The number of halogens is 2. The number of para-hydroxylation sites is 1. The molecule has 2 nitrogen and oxygen atoms in total. The van der Waals surface area contributed by atoms with Crippen molar-refractivity contribution >= 4 is 38.6 Å². The second kappa shape index (κ2) is 5.47. The Hall–Kier alpha value is -1.32. The van der Waals surface area contributed by atoms with Gasteiger partial charge in [-0.3, -0.25) is 4.57 Å². The molecule has 1 aromatic heterocycles. The lowest BCUT2D eigenvalue weighted by Gasteiger charge is -2.13. The van der Waals surface area contributed by atoms with E-state index in [-0.39, 0.29) is 5.38 Å². The molecule has 2 aromatic carbocycles. The summed E-state index contributed by atoms with van der Waals surface area (Å²) in [4.78, 5) is 4.77. The summed E-state index contributed by atoms with van der Waals surface area (Å²) in [5.41, 5.74) is 5.58. The van der Waals surface area contributed by atoms with E-state index >= 15 is 0 Å².